The lowest BCUT2D eigenvalue weighted by Crippen LogP contribution is -2.44. The van der Waals surface area contributed by atoms with Crippen molar-refractivity contribution in [3.8, 4) is 0 Å². The number of quaternary nitrogens is 1. The number of unbranched alkanes of at least 4 members (excludes halogenated alkanes) is 13. The van der Waals surface area contributed by atoms with Crippen LogP contribution in [-0.4, -0.2) is 95.7 Å². The smallest absolute Gasteiger partial charge is 0.305 e. The van der Waals surface area contributed by atoms with Crippen LogP contribution in [0.4, 0.5) is 0 Å². The van der Waals surface area contributed by atoms with E-state index in [1.807, 2.05) is 0 Å². The average molecular weight is 558 g/mol. The molecule has 2 unspecified atom stereocenters. The molecule has 234 valence electrons. The van der Waals surface area contributed by atoms with Crippen molar-refractivity contribution in [3.05, 3.63) is 0 Å². The van der Waals surface area contributed by atoms with E-state index in [-0.39, 0.29) is 18.2 Å². The number of hydrogen-bond acceptors (Lipinski definition) is 5. The van der Waals surface area contributed by atoms with Crippen molar-refractivity contribution in [1.82, 2.24) is 4.90 Å². The Morgan fingerprint density at radius 1 is 0.744 bits per heavy atom. The molecule has 6 heteroatoms. The second-order valence-electron chi connectivity index (χ2n) is 12.6. The van der Waals surface area contributed by atoms with E-state index in [0.29, 0.717) is 19.6 Å². The summed E-state index contributed by atoms with van der Waals surface area (Å²) in [6.07, 6.45) is 22.2. The molecule has 0 radical (unpaired) electrons. The lowest BCUT2D eigenvalue weighted by Gasteiger charge is -2.31. The summed E-state index contributed by atoms with van der Waals surface area (Å²) >= 11 is 0. The highest BCUT2D eigenvalue weighted by atomic mass is 16.5. The minimum atomic E-state index is -0.0811. The molecule has 0 saturated carbocycles. The van der Waals surface area contributed by atoms with Crippen molar-refractivity contribution in [2.75, 3.05) is 68.1 Å². The SMILES string of the molecule is CCCCCCCCCCCCCCCC(OCCCOC(=O)CCCC[N+](C)(C)CCN(C)C)C(C)OC. The highest BCUT2D eigenvalue weighted by Crippen LogP contribution is 2.16. The number of hydrogen-bond donors (Lipinski definition) is 0. The normalized spacial score (nSPS) is 13.6. The van der Waals surface area contributed by atoms with Gasteiger partial charge in [0.25, 0.3) is 0 Å². The summed E-state index contributed by atoms with van der Waals surface area (Å²) in [5, 5.41) is 0. The maximum absolute atomic E-state index is 12.1. The maximum Gasteiger partial charge on any atom is 0.305 e. The highest BCUT2D eigenvalue weighted by Gasteiger charge is 2.17. The van der Waals surface area contributed by atoms with E-state index in [1.165, 1.54) is 83.5 Å². The summed E-state index contributed by atoms with van der Waals surface area (Å²) in [4.78, 5) is 14.3. The first kappa shape index (κ1) is 38.3. The molecule has 0 amide bonds. The molecular weight excluding hydrogens is 488 g/mol. The van der Waals surface area contributed by atoms with E-state index >= 15 is 0 Å². The fourth-order valence-corrected chi connectivity index (χ4v) is 4.91. The Morgan fingerprint density at radius 2 is 1.31 bits per heavy atom. The number of methoxy groups -OCH3 is 1. The molecule has 0 spiro atoms. The van der Waals surface area contributed by atoms with E-state index in [2.05, 4.69) is 46.9 Å². The van der Waals surface area contributed by atoms with Gasteiger partial charge in [0.15, 0.2) is 0 Å². The van der Waals surface area contributed by atoms with E-state index in [4.69, 9.17) is 14.2 Å². The number of esters is 1. The zero-order valence-corrected chi connectivity index (χ0v) is 27.4. The summed E-state index contributed by atoms with van der Waals surface area (Å²) in [6, 6.07) is 0. The maximum atomic E-state index is 12.1. The molecule has 0 rings (SSSR count). The van der Waals surface area contributed by atoms with Crippen LogP contribution in [0.1, 0.15) is 129 Å². The van der Waals surface area contributed by atoms with Crippen LogP contribution in [0.15, 0.2) is 0 Å². The lowest BCUT2D eigenvalue weighted by molar-refractivity contribution is -0.890. The van der Waals surface area contributed by atoms with Crippen LogP contribution in [0.5, 0.6) is 0 Å². The first-order valence-electron chi connectivity index (χ1n) is 16.5. The Morgan fingerprint density at radius 3 is 1.85 bits per heavy atom. The van der Waals surface area contributed by atoms with Gasteiger partial charge in [-0.15, -0.1) is 0 Å². The van der Waals surface area contributed by atoms with Crippen LogP contribution in [0, 0.1) is 0 Å². The predicted molar refractivity (Wildman–Crippen MR) is 166 cm³/mol. The van der Waals surface area contributed by atoms with Crippen molar-refractivity contribution in [2.45, 2.75) is 142 Å². The second kappa shape index (κ2) is 26.2. The van der Waals surface area contributed by atoms with Gasteiger partial charge in [-0.05, 0) is 40.3 Å². The van der Waals surface area contributed by atoms with Crippen molar-refractivity contribution < 1.29 is 23.5 Å². The summed E-state index contributed by atoms with van der Waals surface area (Å²) < 4.78 is 18.1. The molecule has 0 heterocycles. The standard InChI is InChI=1S/C33H69N2O4/c1-8-9-10-11-12-13-14-15-16-17-18-19-20-24-32(31(2)37-7)38-29-23-30-39-33(36)25-21-22-27-35(5,6)28-26-34(3)4/h31-32H,8-30H2,1-7H3/q+1. The lowest BCUT2D eigenvalue weighted by atomic mass is 10.0. The molecule has 39 heavy (non-hydrogen) atoms. The molecule has 0 aromatic carbocycles. The van der Waals surface area contributed by atoms with Gasteiger partial charge in [0.05, 0.1) is 52.6 Å². The number of nitrogens with zero attached hydrogens (tertiary/aromatic N) is 2. The molecule has 0 aliphatic rings. The molecule has 0 fully saturated rings. The van der Waals surface area contributed by atoms with Gasteiger partial charge in [0.2, 0.25) is 0 Å². The topological polar surface area (TPSA) is 48.0 Å². The highest BCUT2D eigenvalue weighted by molar-refractivity contribution is 5.69. The summed E-state index contributed by atoms with van der Waals surface area (Å²) in [6.45, 7) is 8.73. The number of carbonyl (C=O) groups is 1. The van der Waals surface area contributed by atoms with Crippen LogP contribution in [0.25, 0.3) is 0 Å². The number of ether oxygens (including phenoxy) is 3. The van der Waals surface area contributed by atoms with Crippen molar-refractivity contribution in [1.29, 1.82) is 0 Å². The first-order chi connectivity index (χ1) is 18.7. The van der Waals surface area contributed by atoms with Crippen molar-refractivity contribution >= 4 is 5.97 Å². The molecule has 0 bridgehead atoms. The number of carbonyl (C=O) groups excluding carboxylic acids is 1. The van der Waals surface area contributed by atoms with E-state index in [0.717, 1.165) is 49.8 Å². The van der Waals surface area contributed by atoms with Crippen molar-refractivity contribution in [2.24, 2.45) is 0 Å². The second-order valence-corrected chi connectivity index (χ2v) is 12.6. The van der Waals surface area contributed by atoms with E-state index in [1.54, 1.807) is 7.11 Å². The summed E-state index contributed by atoms with van der Waals surface area (Å²) in [5.74, 6) is -0.0811. The minimum absolute atomic E-state index is 0.0811. The third-order valence-corrected chi connectivity index (χ3v) is 7.92. The fourth-order valence-electron chi connectivity index (χ4n) is 4.91. The van der Waals surface area contributed by atoms with Gasteiger partial charge >= 0.3 is 5.97 Å². The number of rotatable bonds is 29. The summed E-state index contributed by atoms with van der Waals surface area (Å²) in [5.41, 5.74) is 0. The molecule has 0 saturated heterocycles. The molecule has 0 N–H and O–H groups in total. The van der Waals surface area contributed by atoms with Gasteiger partial charge in [-0.1, -0.05) is 90.4 Å². The van der Waals surface area contributed by atoms with Crippen LogP contribution in [0.2, 0.25) is 0 Å². The van der Waals surface area contributed by atoms with Gasteiger partial charge in [-0.25, -0.2) is 0 Å². The van der Waals surface area contributed by atoms with Gasteiger partial charge in [0, 0.05) is 26.5 Å². The van der Waals surface area contributed by atoms with Crippen molar-refractivity contribution in [3.63, 3.8) is 0 Å². The molecule has 6 nitrogen and oxygen atoms in total. The Balaban J connectivity index is 3.78. The Labute approximate surface area is 244 Å². The molecule has 0 aromatic rings. The molecular formula is C33H69N2O4+. The van der Waals surface area contributed by atoms with Gasteiger partial charge < -0.3 is 23.6 Å². The zero-order valence-electron chi connectivity index (χ0n) is 27.4. The summed E-state index contributed by atoms with van der Waals surface area (Å²) in [7, 11) is 10.5. The third-order valence-electron chi connectivity index (χ3n) is 7.92. The molecule has 2 atom stereocenters. The van der Waals surface area contributed by atoms with Crippen LogP contribution < -0.4 is 0 Å². The van der Waals surface area contributed by atoms with Gasteiger partial charge in [-0.3, -0.25) is 4.79 Å². The molecule has 0 aromatic heterocycles. The average Bonchev–Trinajstić information content (AvgIpc) is 2.90. The Hall–Kier alpha value is -0.690. The number of likely N-dealkylation sites (N-methyl/N-ethyl adjacent to an activating group) is 2. The third kappa shape index (κ3) is 26.0. The molecule has 0 aliphatic carbocycles. The monoisotopic (exact) mass is 558 g/mol. The van der Waals surface area contributed by atoms with Gasteiger partial charge in [-0.2, -0.15) is 0 Å². The molecule has 0 aliphatic heterocycles. The van der Waals surface area contributed by atoms with Crippen LogP contribution in [0.3, 0.4) is 0 Å². The largest absolute Gasteiger partial charge is 0.466 e. The minimum Gasteiger partial charge on any atom is -0.466 e. The fraction of sp³-hybridized carbons (Fsp3) is 0.970. The van der Waals surface area contributed by atoms with E-state index in [9.17, 15) is 4.79 Å². The Kier molecular flexibility index (Phi) is 25.8. The first-order valence-corrected chi connectivity index (χ1v) is 16.5. The predicted octanol–water partition coefficient (Wildman–Crippen LogP) is 7.63. The van der Waals surface area contributed by atoms with Crippen LogP contribution in [-0.2, 0) is 19.0 Å². The van der Waals surface area contributed by atoms with Gasteiger partial charge in [0.1, 0.15) is 0 Å². The van der Waals surface area contributed by atoms with E-state index < -0.39 is 0 Å². The Bertz CT molecular complexity index is 542. The zero-order chi connectivity index (χ0) is 29.2. The quantitative estimate of drug-likeness (QED) is 0.0537. The van der Waals surface area contributed by atoms with Crippen LogP contribution >= 0.6 is 0 Å².